The lowest BCUT2D eigenvalue weighted by Gasteiger charge is -2.27. The summed E-state index contributed by atoms with van der Waals surface area (Å²) in [5.41, 5.74) is 1.52. The monoisotopic (exact) mass is 276 g/mol. The van der Waals surface area contributed by atoms with Crippen molar-refractivity contribution in [2.45, 2.75) is 25.8 Å². The molecular weight excluding hydrogens is 256 g/mol. The number of likely N-dealkylation sites (tertiary alicyclic amines) is 1. The third-order valence-corrected chi connectivity index (χ3v) is 3.50. The van der Waals surface area contributed by atoms with Gasteiger partial charge in [-0.15, -0.1) is 0 Å². The van der Waals surface area contributed by atoms with Crippen LogP contribution in [-0.2, 0) is 11.3 Å². The van der Waals surface area contributed by atoms with Crippen LogP contribution in [0.5, 0.6) is 0 Å². The standard InChI is InChI=1S/C15H20N2O3/c18-14(19)10-16-15(20)13-7-3-2-6-12(13)11-17-8-4-1-5-9-17/h2-3,6-7H,1,4-5,8-11H2,(H,16,20)(H,18,19). The van der Waals surface area contributed by atoms with Crippen LogP contribution >= 0.6 is 0 Å². The number of carbonyl (C=O) groups is 2. The Morgan fingerprint density at radius 3 is 2.55 bits per heavy atom. The van der Waals surface area contributed by atoms with E-state index < -0.39 is 5.97 Å². The van der Waals surface area contributed by atoms with Crippen molar-refractivity contribution in [2.75, 3.05) is 19.6 Å². The summed E-state index contributed by atoms with van der Waals surface area (Å²) in [6.07, 6.45) is 3.68. The average molecular weight is 276 g/mol. The van der Waals surface area contributed by atoms with Crippen LogP contribution < -0.4 is 5.32 Å². The summed E-state index contributed by atoms with van der Waals surface area (Å²) >= 11 is 0. The lowest BCUT2D eigenvalue weighted by molar-refractivity contribution is -0.135. The van der Waals surface area contributed by atoms with Gasteiger partial charge in [0.25, 0.3) is 5.91 Å². The predicted molar refractivity (Wildman–Crippen MR) is 75.5 cm³/mol. The van der Waals surface area contributed by atoms with Crippen molar-refractivity contribution >= 4 is 11.9 Å². The van der Waals surface area contributed by atoms with Gasteiger partial charge in [0.15, 0.2) is 0 Å². The van der Waals surface area contributed by atoms with Gasteiger partial charge in [-0.05, 0) is 37.6 Å². The minimum atomic E-state index is -1.04. The molecule has 5 heteroatoms. The molecule has 1 aliphatic rings. The van der Waals surface area contributed by atoms with Gasteiger partial charge in [0.1, 0.15) is 6.54 Å². The molecule has 0 unspecified atom stereocenters. The molecular formula is C15H20N2O3. The summed E-state index contributed by atoms with van der Waals surface area (Å²) in [5.74, 6) is -1.35. The van der Waals surface area contributed by atoms with Gasteiger partial charge in [-0.1, -0.05) is 24.6 Å². The molecule has 0 bridgehead atoms. The number of piperidine rings is 1. The smallest absolute Gasteiger partial charge is 0.322 e. The number of hydrogen-bond acceptors (Lipinski definition) is 3. The highest BCUT2D eigenvalue weighted by Gasteiger charge is 2.15. The molecule has 0 radical (unpaired) electrons. The van der Waals surface area contributed by atoms with E-state index in [1.54, 1.807) is 12.1 Å². The second-order valence-corrected chi connectivity index (χ2v) is 5.07. The highest BCUT2D eigenvalue weighted by molar-refractivity contribution is 5.97. The largest absolute Gasteiger partial charge is 0.480 e. The second kappa shape index (κ2) is 7.05. The highest BCUT2D eigenvalue weighted by Crippen LogP contribution is 2.16. The molecule has 1 saturated heterocycles. The Hall–Kier alpha value is -1.88. The maximum Gasteiger partial charge on any atom is 0.322 e. The van der Waals surface area contributed by atoms with Gasteiger partial charge >= 0.3 is 5.97 Å². The number of benzene rings is 1. The van der Waals surface area contributed by atoms with E-state index in [-0.39, 0.29) is 12.5 Å². The minimum Gasteiger partial charge on any atom is -0.480 e. The van der Waals surface area contributed by atoms with Crippen LogP contribution in [0.3, 0.4) is 0 Å². The molecule has 1 aromatic rings. The number of carboxylic acid groups (broad SMARTS) is 1. The topological polar surface area (TPSA) is 69.6 Å². The number of aliphatic carboxylic acids is 1. The number of carboxylic acids is 1. The Bertz CT molecular complexity index is 482. The summed E-state index contributed by atoms with van der Waals surface area (Å²) in [6, 6.07) is 7.39. The molecule has 5 nitrogen and oxygen atoms in total. The van der Waals surface area contributed by atoms with Crippen molar-refractivity contribution in [3.05, 3.63) is 35.4 Å². The summed E-state index contributed by atoms with van der Waals surface area (Å²) in [4.78, 5) is 24.9. The maximum atomic E-state index is 12.0. The third-order valence-electron chi connectivity index (χ3n) is 3.50. The predicted octanol–water partition coefficient (Wildman–Crippen LogP) is 1.49. The normalized spacial score (nSPS) is 15.8. The Morgan fingerprint density at radius 2 is 1.85 bits per heavy atom. The number of carbonyl (C=O) groups excluding carboxylic acids is 1. The van der Waals surface area contributed by atoms with E-state index in [9.17, 15) is 9.59 Å². The van der Waals surface area contributed by atoms with Crippen molar-refractivity contribution in [1.29, 1.82) is 0 Å². The van der Waals surface area contributed by atoms with Gasteiger partial charge in [0.05, 0.1) is 0 Å². The van der Waals surface area contributed by atoms with E-state index in [4.69, 9.17) is 5.11 Å². The van der Waals surface area contributed by atoms with Crippen molar-refractivity contribution in [1.82, 2.24) is 10.2 Å². The third kappa shape index (κ3) is 4.06. The molecule has 1 aromatic carbocycles. The van der Waals surface area contributed by atoms with E-state index in [0.29, 0.717) is 5.56 Å². The average Bonchev–Trinajstić information content (AvgIpc) is 2.46. The fraction of sp³-hybridized carbons (Fsp3) is 0.467. The Labute approximate surface area is 118 Å². The SMILES string of the molecule is O=C(O)CNC(=O)c1ccccc1CN1CCCCC1. The van der Waals surface area contributed by atoms with E-state index in [1.807, 2.05) is 12.1 Å². The molecule has 1 amide bonds. The lowest BCUT2D eigenvalue weighted by atomic mass is 10.0. The number of nitrogens with zero attached hydrogens (tertiary/aromatic N) is 1. The van der Waals surface area contributed by atoms with Crippen LogP contribution in [0.1, 0.15) is 35.2 Å². The van der Waals surface area contributed by atoms with E-state index >= 15 is 0 Å². The van der Waals surface area contributed by atoms with Gasteiger partial charge in [0.2, 0.25) is 0 Å². The Balaban J connectivity index is 2.04. The van der Waals surface area contributed by atoms with Crippen LogP contribution in [0.15, 0.2) is 24.3 Å². The van der Waals surface area contributed by atoms with Gasteiger partial charge in [0, 0.05) is 12.1 Å². The van der Waals surface area contributed by atoms with Crippen LogP contribution in [0.4, 0.5) is 0 Å². The quantitative estimate of drug-likeness (QED) is 0.855. The fourth-order valence-electron chi connectivity index (χ4n) is 2.49. The zero-order valence-electron chi connectivity index (χ0n) is 11.5. The highest BCUT2D eigenvalue weighted by atomic mass is 16.4. The first-order valence-corrected chi connectivity index (χ1v) is 6.97. The number of rotatable bonds is 5. The van der Waals surface area contributed by atoms with Crippen LogP contribution in [0.25, 0.3) is 0 Å². The summed E-state index contributed by atoms with van der Waals surface area (Å²) in [7, 11) is 0. The number of nitrogens with one attached hydrogen (secondary N) is 1. The minimum absolute atomic E-state index is 0.319. The van der Waals surface area contributed by atoms with Crippen LogP contribution in [0, 0.1) is 0 Å². The molecule has 0 spiro atoms. The van der Waals surface area contributed by atoms with Crippen LogP contribution in [0.2, 0.25) is 0 Å². The van der Waals surface area contributed by atoms with E-state index in [2.05, 4.69) is 10.2 Å². The van der Waals surface area contributed by atoms with Crippen LogP contribution in [-0.4, -0.2) is 41.5 Å². The molecule has 0 saturated carbocycles. The zero-order chi connectivity index (χ0) is 14.4. The summed E-state index contributed by atoms with van der Waals surface area (Å²) in [5, 5.41) is 11.0. The second-order valence-electron chi connectivity index (χ2n) is 5.07. The van der Waals surface area contributed by atoms with Gasteiger partial charge in [-0.25, -0.2) is 0 Å². The first kappa shape index (κ1) is 14.5. The molecule has 1 fully saturated rings. The van der Waals surface area contributed by atoms with Crippen molar-refractivity contribution in [2.24, 2.45) is 0 Å². The Kier molecular flexibility index (Phi) is 5.12. The Morgan fingerprint density at radius 1 is 1.15 bits per heavy atom. The maximum absolute atomic E-state index is 12.0. The summed E-state index contributed by atoms with van der Waals surface area (Å²) < 4.78 is 0. The molecule has 2 N–H and O–H groups in total. The molecule has 20 heavy (non-hydrogen) atoms. The molecule has 2 rings (SSSR count). The molecule has 1 heterocycles. The molecule has 0 atom stereocenters. The van der Waals surface area contributed by atoms with Gasteiger partial charge < -0.3 is 10.4 Å². The molecule has 1 aliphatic heterocycles. The summed E-state index contributed by atoms with van der Waals surface area (Å²) in [6.45, 7) is 2.52. The van der Waals surface area contributed by atoms with E-state index in [1.165, 1.54) is 19.3 Å². The fourth-order valence-corrected chi connectivity index (χ4v) is 2.49. The van der Waals surface area contributed by atoms with E-state index in [0.717, 1.165) is 25.2 Å². The molecule has 0 aromatic heterocycles. The first-order valence-electron chi connectivity index (χ1n) is 6.97. The number of amides is 1. The van der Waals surface area contributed by atoms with Gasteiger partial charge in [-0.3, -0.25) is 14.5 Å². The van der Waals surface area contributed by atoms with Gasteiger partial charge in [-0.2, -0.15) is 0 Å². The molecule has 108 valence electrons. The molecule has 0 aliphatic carbocycles. The van der Waals surface area contributed by atoms with Crippen molar-refractivity contribution in [3.8, 4) is 0 Å². The zero-order valence-corrected chi connectivity index (χ0v) is 11.5. The lowest BCUT2D eigenvalue weighted by Crippen LogP contribution is -2.32. The van der Waals surface area contributed by atoms with Crippen molar-refractivity contribution < 1.29 is 14.7 Å². The number of hydrogen-bond donors (Lipinski definition) is 2. The van der Waals surface area contributed by atoms with Crippen molar-refractivity contribution in [3.63, 3.8) is 0 Å². The first-order chi connectivity index (χ1) is 9.66.